The minimum absolute atomic E-state index is 0.345. The lowest BCUT2D eigenvalue weighted by Gasteiger charge is -2.07. The van der Waals surface area contributed by atoms with E-state index in [0.29, 0.717) is 31.6 Å². The lowest BCUT2D eigenvalue weighted by Crippen LogP contribution is -2.23. The summed E-state index contributed by atoms with van der Waals surface area (Å²) in [5.74, 6) is -0.607. The molecule has 0 unspecified atom stereocenters. The van der Waals surface area contributed by atoms with Crippen molar-refractivity contribution in [2.75, 3.05) is 6.54 Å². The Kier molecular flexibility index (Phi) is 7.27. The number of hydrogen-bond acceptors (Lipinski definition) is 3. The number of nitrogens with zero attached hydrogens (tertiary/aromatic N) is 1. The maximum absolute atomic E-state index is 10.8. The smallest absolute Gasteiger partial charge is 0.328 e. The summed E-state index contributed by atoms with van der Waals surface area (Å²) in [6.07, 6.45) is 5.24. The highest BCUT2D eigenvalue weighted by Gasteiger charge is 2.15. The fraction of sp³-hybridized carbons (Fsp3) is 0.600. The first-order valence-corrected chi connectivity index (χ1v) is 4.98. The predicted molar refractivity (Wildman–Crippen MR) is 60.8 cm³/mol. The summed E-state index contributed by atoms with van der Waals surface area (Å²) in [6, 6.07) is -0.765. The van der Waals surface area contributed by atoms with Crippen molar-refractivity contribution in [2.24, 2.45) is 16.5 Å². The van der Waals surface area contributed by atoms with Gasteiger partial charge in [0.15, 0.2) is 0 Å². The number of carboxylic acids is 1. The van der Waals surface area contributed by atoms with Crippen molar-refractivity contribution in [1.82, 2.24) is 0 Å². The van der Waals surface area contributed by atoms with Crippen LogP contribution >= 0.6 is 0 Å². The van der Waals surface area contributed by atoms with Crippen LogP contribution in [-0.4, -0.2) is 29.5 Å². The van der Waals surface area contributed by atoms with Gasteiger partial charge >= 0.3 is 5.97 Å². The monoisotopic (exact) mass is 213 g/mol. The number of allylic oxidation sites excluding steroid dienone is 1. The molecule has 0 aromatic heterocycles. The van der Waals surface area contributed by atoms with Crippen LogP contribution in [-0.2, 0) is 4.79 Å². The van der Waals surface area contributed by atoms with Crippen molar-refractivity contribution in [3.05, 3.63) is 12.2 Å². The van der Waals surface area contributed by atoms with Crippen LogP contribution in [0.15, 0.2) is 17.1 Å². The van der Waals surface area contributed by atoms with Crippen LogP contribution in [0.5, 0.6) is 0 Å². The van der Waals surface area contributed by atoms with Crippen molar-refractivity contribution < 1.29 is 9.90 Å². The predicted octanol–water partition coefficient (Wildman–Crippen LogP) is 0.502. The number of amidine groups is 1. The molecular formula is C10H19N3O2. The van der Waals surface area contributed by atoms with E-state index in [1.165, 1.54) is 0 Å². The zero-order valence-electron chi connectivity index (χ0n) is 9.02. The van der Waals surface area contributed by atoms with Crippen LogP contribution in [0, 0.1) is 0 Å². The van der Waals surface area contributed by atoms with E-state index in [-0.39, 0.29) is 0 Å². The van der Waals surface area contributed by atoms with Gasteiger partial charge in [-0.2, -0.15) is 0 Å². The van der Waals surface area contributed by atoms with E-state index < -0.39 is 12.0 Å². The highest BCUT2D eigenvalue weighted by molar-refractivity contribution is 5.85. The van der Waals surface area contributed by atoms with E-state index in [1.807, 2.05) is 19.1 Å². The first-order chi connectivity index (χ1) is 7.11. The SMILES string of the molecule is CC=CCC(N)=N[C@@H](CCCN)C(=O)O. The highest BCUT2D eigenvalue weighted by atomic mass is 16.4. The van der Waals surface area contributed by atoms with Crippen molar-refractivity contribution >= 4 is 11.8 Å². The van der Waals surface area contributed by atoms with E-state index >= 15 is 0 Å². The van der Waals surface area contributed by atoms with Gasteiger partial charge in [0.25, 0.3) is 0 Å². The third-order valence-electron chi connectivity index (χ3n) is 1.85. The van der Waals surface area contributed by atoms with Crippen molar-refractivity contribution in [3.63, 3.8) is 0 Å². The Morgan fingerprint density at radius 3 is 2.73 bits per heavy atom. The molecule has 86 valence electrons. The molecule has 0 aliphatic heterocycles. The molecule has 0 radical (unpaired) electrons. The van der Waals surface area contributed by atoms with Crippen molar-refractivity contribution in [1.29, 1.82) is 0 Å². The first-order valence-electron chi connectivity index (χ1n) is 4.98. The number of aliphatic carboxylic acids is 1. The molecule has 0 bridgehead atoms. The van der Waals surface area contributed by atoms with Gasteiger partial charge in [0.1, 0.15) is 6.04 Å². The van der Waals surface area contributed by atoms with Crippen LogP contribution in [0.1, 0.15) is 26.2 Å². The minimum atomic E-state index is -0.952. The second-order valence-corrected chi connectivity index (χ2v) is 3.18. The molecule has 0 aliphatic rings. The molecule has 5 heteroatoms. The van der Waals surface area contributed by atoms with Gasteiger partial charge in [0, 0.05) is 6.42 Å². The van der Waals surface area contributed by atoms with Crippen LogP contribution in [0.25, 0.3) is 0 Å². The zero-order chi connectivity index (χ0) is 11.7. The van der Waals surface area contributed by atoms with E-state index in [4.69, 9.17) is 16.6 Å². The van der Waals surface area contributed by atoms with Gasteiger partial charge in [-0.3, -0.25) is 4.99 Å². The molecule has 0 fully saturated rings. The number of nitrogens with two attached hydrogens (primary N) is 2. The third kappa shape index (κ3) is 6.68. The maximum atomic E-state index is 10.8. The van der Waals surface area contributed by atoms with Gasteiger partial charge in [0.2, 0.25) is 0 Å². The molecule has 0 spiro atoms. The Bertz CT molecular complexity index is 249. The zero-order valence-corrected chi connectivity index (χ0v) is 9.02. The molecule has 0 saturated carbocycles. The Labute approximate surface area is 89.9 Å². The fourth-order valence-electron chi connectivity index (χ4n) is 1.05. The summed E-state index contributed by atoms with van der Waals surface area (Å²) in [5.41, 5.74) is 10.9. The number of carbonyl (C=O) groups is 1. The summed E-state index contributed by atoms with van der Waals surface area (Å²) in [7, 11) is 0. The normalized spacial score (nSPS) is 14.4. The van der Waals surface area contributed by atoms with Gasteiger partial charge in [-0.25, -0.2) is 4.79 Å². The van der Waals surface area contributed by atoms with E-state index in [2.05, 4.69) is 4.99 Å². The van der Waals surface area contributed by atoms with Gasteiger partial charge in [-0.1, -0.05) is 12.2 Å². The second-order valence-electron chi connectivity index (χ2n) is 3.18. The molecule has 0 heterocycles. The fourth-order valence-corrected chi connectivity index (χ4v) is 1.05. The molecule has 15 heavy (non-hydrogen) atoms. The van der Waals surface area contributed by atoms with Gasteiger partial charge in [-0.05, 0) is 26.3 Å². The second kappa shape index (κ2) is 7.99. The average molecular weight is 213 g/mol. The summed E-state index contributed by atoms with van der Waals surface area (Å²) >= 11 is 0. The molecule has 0 rings (SSSR count). The molecule has 1 atom stereocenters. The quantitative estimate of drug-likeness (QED) is 0.325. The lowest BCUT2D eigenvalue weighted by atomic mass is 10.1. The van der Waals surface area contributed by atoms with Gasteiger partial charge in [-0.15, -0.1) is 0 Å². The molecule has 0 aromatic rings. The maximum Gasteiger partial charge on any atom is 0.328 e. The molecular weight excluding hydrogens is 194 g/mol. The summed E-state index contributed by atoms with van der Waals surface area (Å²) in [4.78, 5) is 14.7. The Hall–Kier alpha value is -1.36. The summed E-state index contributed by atoms with van der Waals surface area (Å²) < 4.78 is 0. The number of hydrogen-bond donors (Lipinski definition) is 3. The Morgan fingerprint density at radius 1 is 1.60 bits per heavy atom. The number of aliphatic imine (C=N–C) groups is 1. The first kappa shape index (κ1) is 13.6. The summed E-state index contributed by atoms with van der Waals surface area (Å²) in [6.45, 7) is 2.34. The summed E-state index contributed by atoms with van der Waals surface area (Å²) in [5, 5.41) is 8.85. The molecule has 5 N–H and O–H groups in total. The van der Waals surface area contributed by atoms with Crippen LogP contribution in [0.4, 0.5) is 0 Å². The van der Waals surface area contributed by atoms with Crippen LogP contribution in [0.3, 0.4) is 0 Å². The highest BCUT2D eigenvalue weighted by Crippen LogP contribution is 2.02. The van der Waals surface area contributed by atoms with Crippen molar-refractivity contribution in [3.8, 4) is 0 Å². The van der Waals surface area contributed by atoms with Crippen molar-refractivity contribution in [2.45, 2.75) is 32.2 Å². The standard InChI is InChI=1S/C10H19N3O2/c1-2-3-6-9(12)13-8(10(14)15)5-4-7-11/h2-3,8H,4-7,11H2,1H3,(H2,12,13)(H,14,15)/t8-/m0/s1. The van der Waals surface area contributed by atoms with Gasteiger partial charge in [0.05, 0.1) is 5.84 Å². The van der Waals surface area contributed by atoms with Crippen LogP contribution in [0.2, 0.25) is 0 Å². The lowest BCUT2D eigenvalue weighted by molar-refractivity contribution is -0.138. The minimum Gasteiger partial charge on any atom is -0.480 e. The van der Waals surface area contributed by atoms with Crippen LogP contribution < -0.4 is 11.5 Å². The Morgan fingerprint density at radius 2 is 2.27 bits per heavy atom. The van der Waals surface area contributed by atoms with E-state index in [0.717, 1.165) is 0 Å². The molecule has 0 saturated heterocycles. The van der Waals surface area contributed by atoms with E-state index in [1.54, 1.807) is 0 Å². The third-order valence-corrected chi connectivity index (χ3v) is 1.85. The molecule has 0 aliphatic carbocycles. The Balaban J connectivity index is 4.29. The van der Waals surface area contributed by atoms with Gasteiger partial charge < -0.3 is 16.6 Å². The number of rotatable bonds is 7. The topological polar surface area (TPSA) is 102 Å². The van der Waals surface area contributed by atoms with E-state index in [9.17, 15) is 4.79 Å². The number of carboxylic acid groups (broad SMARTS) is 1. The molecule has 0 amide bonds. The molecule has 5 nitrogen and oxygen atoms in total. The average Bonchev–Trinajstić information content (AvgIpc) is 2.20. The largest absolute Gasteiger partial charge is 0.480 e. The molecule has 0 aromatic carbocycles.